The van der Waals surface area contributed by atoms with Crippen LogP contribution in [0.5, 0.6) is 11.5 Å². The average Bonchev–Trinajstić information content (AvgIpc) is 3.37. The molecule has 0 aliphatic carbocycles. The molecule has 0 radical (unpaired) electrons. The molecule has 0 bridgehead atoms. The summed E-state index contributed by atoms with van der Waals surface area (Å²) in [5, 5.41) is 11.7. The molecule has 1 N–H and O–H groups in total. The van der Waals surface area contributed by atoms with E-state index in [9.17, 15) is 9.90 Å². The molecule has 242 valence electrons. The fourth-order valence-corrected chi connectivity index (χ4v) is 7.98. The maximum absolute atomic E-state index is 11.4. The molecular weight excluding hydrogens is 640 g/mol. The molecule has 3 heterocycles. The van der Waals surface area contributed by atoms with Gasteiger partial charge in [-0.3, -0.25) is 9.78 Å². The maximum Gasteiger partial charge on any atom is 0.307 e. The van der Waals surface area contributed by atoms with Crippen molar-refractivity contribution in [3.05, 3.63) is 142 Å². The van der Waals surface area contributed by atoms with E-state index in [1.54, 1.807) is 0 Å². The van der Waals surface area contributed by atoms with Gasteiger partial charge < -0.3 is 19.1 Å². The van der Waals surface area contributed by atoms with Crippen LogP contribution in [0.1, 0.15) is 35.0 Å². The van der Waals surface area contributed by atoms with Gasteiger partial charge in [0.25, 0.3) is 0 Å². The van der Waals surface area contributed by atoms with Crippen molar-refractivity contribution in [1.82, 2.24) is 9.55 Å². The van der Waals surface area contributed by atoms with E-state index in [0.29, 0.717) is 47.8 Å². The Labute approximate surface area is 289 Å². The molecule has 4 aromatic carbocycles. The zero-order valence-corrected chi connectivity index (χ0v) is 28.1. The minimum Gasteiger partial charge on any atom is -0.493 e. The summed E-state index contributed by atoms with van der Waals surface area (Å²) in [4.78, 5) is 17.4. The molecule has 0 spiro atoms. The van der Waals surface area contributed by atoms with Gasteiger partial charge in [-0.05, 0) is 53.9 Å². The smallest absolute Gasteiger partial charge is 0.307 e. The van der Waals surface area contributed by atoms with Crippen LogP contribution in [0.4, 0.5) is 0 Å². The number of aliphatic carboxylic acids is 1. The van der Waals surface area contributed by atoms with Gasteiger partial charge in [0, 0.05) is 62.1 Å². The highest BCUT2D eigenvalue weighted by molar-refractivity contribution is 8.00. The van der Waals surface area contributed by atoms with Crippen LogP contribution < -0.4 is 9.47 Å². The Balaban J connectivity index is 1.20. The SMILES string of the molecule is CC1Cc2c(OCc3ccc(-c4ccccc4)cn3)ccc3c2c(c(CCOc2ccccc2CC(=O)O)n3Cc2cccc(Cl)c2)S1. The van der Waals surface area contributed by atoms with Gasteiger partial charge in [-0.15, -0.1) is 11.8 Å². The van der Waals surface area contributed by atoms with Crippen LogP contribution in [0, 0.1) is 0 Å². The molecule has 1 aliphatic rings. The number of benzene rings is 4. The Bertz CT molecular complexity index is 2080. The first kappa shape index (κ1) is 31.9. The molecule has 2 aromatic heterocycles. The summed E-state index contributed by atoms with van der Waals surface area (Å²) < 4.78 is 15.1. The quantitative estimate of drug-likeness (QED) is 0.140. The van der Waals surface area contributed by atoms with Crippen LogP contribution in [0.2, 0.25) is 5.02 Å². The number of hydrogen-bond acceptors (Lipinski definition) is 5. The van der Waals surface area contributed by atoms with E-state index in [2.05, 4.69) is 47.9 Å². The van der Waals surface area contributed by atoms with E-state index in [1.807, 2.05) is 84.7 Å². The fourth-order valence-electron chi connectivity index (χ4n) is 6.42. The number of pyridine rings is 1. The molecule has 48 heavy (non-hydrogen) atoms. The molecule has 0 saturated carbocycles. The summed E-state index contributed by atoms with van der Waals surface area (Å²) in [6, 6.07) is 34.0. The van der Waals surface area contributed by atoms with Gasteiger partial charge in [0.15, 0.2) is 0 Å². The van der Waals surface area contributed by atoms with E-state index >= 15 is 0 Å². The average molecular weight is 675 g/mol. The van der Waals surface area contributed by atoms with Crippen LogP contribution in [0.15, 0.2) is 114 Å². The second-order valence-corrected chi connectivity index (χ2v) is 13.9. The number of rotatable bonds is 12. The first-order chi connectivity index (χ1) is 23.4. The number of para-hydroxylation sites is 1. The largest absolute Gasteiger partial charge is 0.493 e. The summed E-state index contributed by atoms with van der Waals surface area (Å²) in [5.41, 5.74) is 8.43. The lowest BCUT2D eigenvalue weighted by Crippen LogP contribution is -2.12. The number of carboxylic acids is 1. The topological polar surface area (TPSA) is 73.6 Å². The number of hydrogen-bond donors (Lipinski definition) is 1. The molecule has 1 aliphatic heterocycles. The summed E-state index contributed by atoms with van der Waals surface area (Å²) in [5.74, 6) is 0.608. The normalized spacial score (nSPS) is 13.8. The lowest BCUT2D eigenvalue weighted by molar-refractivity contribution is -0.136. The highest BCUT2D eigenvalue weighted by atomic mass is 35.5. The minimum atomic E-state index is -0.881. The maximum atomic E-state index is 11.4. The Hall–Kier alpha value is -4.72. The summed E-state index contributed by atoms with van der Waals surface area (Å²) in [7, 11) is 0. The molecule has 7 rings (SSSR count). The van der Waals surface area contributed by atoms with Gasteiger partial charge in [0.1, 0.15) is 18.1 Å². The molecule has 8 heteroatoms. The van der Waals surface area contributed by atoms with Crippen molar-refractivity contribution < 1.29 is 19.4 Å². The van der Waals surface area contributed by atoms with Crippen molar-refractivity contribution in [3.8, 4) is 22.6 Å². The Morgan fingerprint density at radius 2 is 1.77 bits per heavy atom. The molecule has 6 nitrogen and oxygen atoms in total. The van der Waals surface area contributed by atoms with E-state index in [-0.39, 0.29) is 6.42 Å². The van der Waals surface area contributed by atoms with Crippen molar-refractivity contribution in [1.29, 1.82) is 0 Å². The summed E-state index contributed by atoms with van der Waals surface area (Å²) in [6.07, 6.45) is 3.37. The molecule has 6 aromatic rings. The third kappa shape index (κ3) is 6.93. The molecular formula is C40H35ClN2O4S. The van der Waals surface area contributed by atoms with Crippen molar-refractivity contribution in [2.24, 2.45) is 0 Å². The molecule has 0 fully saturated rings. The van der Waals surface area contributed by atoms with Crippen LogP contribution in [0.25, 0.3) is 22.0 Å². The number of aromatic nitrogens is 2. The number of carboxylic acid groups (broad SMARTS) is 1. The van der Waals surface area contributed by atoms with Gasteiger partial charge >= 0.3 is 5.97 Å². The zero-order valence-electron chi connectivity index (χ0n) is 26.6. The van der Waals surface area contributed by atoms with E-state index < -0.39 is 5.97 Å². The Morgan fingerprint density at radius 3 is 2.56 bits per heavy atom. The van der Waals surface area contributed by atoms with Crippen molar-refractivity contribution in [2.45, 2.75) is 49.5 Å². The van der Waals surface area contributed by atoms with Crippen molar-refractivity contribution >= 4 is 40.2 Å². The number of ether oxygens (including phenoxy) is 2. The monoisotopic (exact) mass is 674 g/mol. The summed E-state index contributed by atoms with van der Waals surface area (Å²) >= 11 is 8.31. The first-order valence-corrected chi connectivity index (χ1v) is 17.3. The lowest BCUT2D eigenvalue weighted by atomic mass is 10.0. The second kappa shape index (κ2) is 14.2. The molecule has 1 atom stereocenters. The number of carbonyl (C=O) groups is 1. The molecule has 0 amide bonds. The highest BCUT2D eigenvalue weighted by Gasteiger charge is 2.29. The molecule has 1 unspecified atom stereocenters. The van der Waals surface area contributed by atoms with Gasteiger partial charge in [0.05, 0.1) is 24.2 Å². The van der Waals surface area contributed by atoms with E-state index in [1.165, 1.54) is 21.5 Å². The van der Waals surface area contributed by atoms with Gasteiger partial charge in [0.2, 0.25) is 0 Å². The fraction of sp³-hybridized carbons (Fsp3) is 0.200. The van der Waals surface area contributed by atoms with E-state index in [0.717, 1.165) is 40.1 Å². The zero-order chi connectivity index (χ0) is 33.0. The minimum absolute atomic E-state index is 0.0807. The predicted octanol–water partition coefficient (Wildman–Crippen LogP) is 9.27. The van der Waals surface area contributed by atoms with Crippen LogP contribution in [-0.2, 0) is 37.2 Å². The van der Waals surface area contributed by atoms with Crippen LogP contribution >= 0.6 is 23.4 Å². The third-order valence-corrected chi connectivity index (χ3v) is 10.1. The predicted molar refractivity (Wildman–Crippen MR) is 193 cm³/mol. The molecule has 0 saturated heterocycles. The van der Waals surface area contributed by atoms with Gasteiger partial charge in [-0.2, -0.15) is 0 Å². The standard InChI is InChI=1S/C40H35ClN2O4S/c1-26-20-33-37(47-25-32-15-14-30(23-42-32)28-9-3-2-4-10-28)17-16-34-39(33)40(48-26)35(43(34)24-27-8-7-12-31(41)21-27)18-19-46-36-13-6-5-11-29(36)22-38(44)45/h2-17,21,23,26H,18-20,22,24-25H2,1H3,(H,44,45). The number of thioether (sulfide) groups is 1. The third-order valence-electron chi connectivity index (χ3n) is 8.61. The van der Waals surface area contributed by atoms with Crippen molar-refractivity contribution in [2.75, 3.05) is 6.61 Å². The van der Waals surface area contributed by atoms with E-state index in [4.69, 9.17) is 26.1 Å². The Morgan fingerprint density at radius 1 is 0.938 bits per heavy atom. The van der Waals surface area contributed by atoms with Crippen LogP contribution in [-0.4, -0.2) is 32.5 Å². The number of nitrogens with zero attached hydrogens (tertiary/aromatic N) is 2. The Kier molecular flexibility index (Phi) is 9.41. The summed E-state index contributed by atoms with van der Waals surface area (Å²) in [6.45, 7) is 3.71. The number of halogens is 1. The highest BCUT2D eigenvalue weighted by Crippen LogP contribution is 2.47. The lowest BCUT2D eigenvalue weighted by Gasteiger charge is -2.22. The van der Waals surface area contributed by atoms with Crippen molar-refractivity contribution in [3.63, 3.8) is 0 Å². The van der Waals surface area contributed by atoms with Crippen LogP contribution in [0.3, 0.4) is 0 Å². The second-order valence-electron chi connectivity index (χ2n) is 12.0. The van der Waals surface area contributed by atoms with Gasteiger partial charge in [-0.1, -0.05) is 85.3 Å². The first-order valence-electron chi connectivity index (χ1n) is 16.1. The van der Waals surface area contributed by atoms with Gasteiger partial charge in [-0.25, -0.2) is 0 Å².